The molecule has 3 aromatic carbocycles. The first kappa shape index (κ1) is 18.9. The molecule has 0 spiro atoms. The third-order valence-corrected chi connectivity index (χ3v) is 5.12. The minimum atomic E-state index is -0.421. The lowest BCUT2D eigenvalue weighted by Gasteiger charge is -2.28. The molecule has 0 aliphatic carbocycles. The second kappa shape index (κ2) is 7.89. The molecule has 1 heterocycles. The summed E-state index contributed by atoms with van der Waals surface area (Å²) in [5, 5.41) is 0.366. The molecule has 1 aliphatic rings. The molecule has 144 valence electrons. The quantitative estimate of drug-likeness (QED) is 0.600. The average molecular weight is 405 g/mol. The van der Waals surface area contributed by atoms with E-state index in [0.29, 0.717) is 21.8 Å². The number of rotatable bonds is 5. The van der Waals surface area contributed by atoms with Crippen LogP contribution >= 0.6 is 11.6 Å². The molecule has 0 bridgehead atoms. The molecule has 6 heteroatoms. The van der Waals surface area contributed by atoms with Crippen molar-refractivity contribution in [1.29, 1.82) is 0 Å². The number of hydrogen-bond acceptors (Lipinski definition) is 3. The Bertz CT molecular complexity index is 1060. The van der Waals surface area contributed by atoms with Gasteiger partial charge in [0.05, 0.1) is 28.3 Å². The Morgan fingerprint density at radius 2 is 1.34 bits per heavy atom. The van der Waals surface area contributed by atoms with Gasteiger partial charge in [0, 0.05) is 0 Å². The Hall–Kier alpha value is -3.44. The number of hydrogen-bond donors (Lipinski definition) is 0. The number of halogens is 1. The first-order valence-electron chi connectivity index (χ1n) is 9.10. The summed E-state index contributed by atoms with van der Waals surface area (Å²) >= 11 is 6.33. The summed E-state index contributed by atoms with van der Waals surface area (Å²) in [6.45, 7) is -0.207. The van der Waals surface area contributed by atoms with Crippen molar-refractivity contribution in [3.05, 3.63) is 101 Å². The van der Waals surface area contributed by atoms with Crippen LogP contribution in [0.5, 0.6) is 0 Å². The lowest BCUT2D eigenvalue weighted by molar-refractivity contribution is -0.118. The van der Waals surface area contributed by atoms with Crippen molar-refractivity contribution in [2.24, 2.45) is 0 Å². The molecule has 1 aliphatic heterocycles. The molecule has 0 fully saturated rings. The summed E-state index contributed by atoms with van der Waals surface area (Å²) in [7, 11) is 0. The Kier molecular flexibility index (Phi) is 5.14. The zero-order valence-corrected chi connectivity index (χ0v) is 16.2. The van der Waals surface area contributed by atoms with Gasteiger partial charge < -0.3 is 0 Å². The molecule has 3 aromatic rings. The lowest BCUT2D eigenvalue weighted by Crippen LogP contribution is -2.45. The molecular weight excluding hydrogens is 388 g/mol. The first-order chi connectivity index (χ1) is 14.1. The zero-order chi connectivity index (χ0) is 20.4. The van der Waals surface area contributed by atoms with Gasteiger partial charge in [-0.25, -0.2) is 0 Å². The van der Waals surface area contributed by atoms with E-state index < -0.39 is 11.8 Å². The van der Waals surface area contributed by atoms with E-state index in [1.54, 1.807) is 48.5 Å². The van der Waals surface area contributed by atoms with E-state index in [9.17, 15) is 14.4 Å². The molecule has 3 amide bonds. The Morgan fingerprint density at radius 3 is 1.97 bits per heavy atom. The van der Waals surface area contributed by atoms with Crippen LogP contribution in [0, 0.1) is 0 Å². The van der Waals surface area contributed by atoms with Gasteiger partial charge in [0.1, 0.15) is 6.67 Å². The number of imide groups is 1. The summed E-state index contributed by atoms with van der Waals surface area (Å²) in [5.74, 6) is -1.11. The van der Waals surface area contributed by atoms with Gasteiger partial charge in [-0.15, -0.1) is 0 Å². The van der Waals surface area contributed by atoms with Crippen LogP contribution in [0.3, 0.4) is 0 Å². The highest BCUT2D eigenvalue weighted by molar-refractivity contribution is 6.34. The van der Waals surface area contributed by atoms with E-state index >= 15 is 0 Å². The number of para-hydroxylation sites is 1. The average Bonchev–Trinajstić information content (AvgIpc) is 2.98. The SMILES string of the molecule is O=C1c2ccccc2C(=O)N1CN(C(=O)Cc1ccccc1)c1ccccc1Cl. The molecular formula is C23H17ClN2O3. The van der Waals surface area contributed by atoms with Crippen molar-refractivity contribution >= 4 is 35.0 Å². The van der Waals surface area contributed by atoms with Gasteiger partial charge in [0.25, 0.3) is 11.8 Å². The second-order valence-corrected chi connectivity index (χ2v) is 7.07. The van der Waals surface area contributed by atoms with E-state index in [4.69, 9.17) is 11.6 Å². The number of benzene rings is 3. The summed E-state index contributed by atoms with van der Waals surface area (Å²) in [6.07, 6.45) is 0.120. The molecule has 4 rings (SSSR count). The van der Waals surface area contributed by atoms with Gasteiger partial charge in [-0.1, -0.05) is 66.2 Å². The van der Waals surface area contributed by atoms with E-state index in [0.717, 1.165) is 10.5 Å². The van der Waals surface area contributed by atoms with Crippen LogP contribution in [0.25, 0.3) is 0 Å². The minimum Gasteiger partial charge on any atom is -0.292 e. The second-order valence-electron chi connectivity index (χ2n) is 6.66. The molecule has 0 saturated heterocycles. The largest absolute Gasteiger partial charge is 0.292 e. The maximum Gasteiger partial charge on any atom is 0.263 e. The van der Waals surface area contributed by atoms with Crippen molar-refractivity contribution in [1.82, 2.24) is 4.90 Å². The number of fused-ring (bicyclic) bond motifs is 1. The van der Waals surface area contributed by atoms with Gasteiger partial charge in [0.15, 0.2) is 0 Å². The fraction of sp³-hybridized carbons (Fsp3) is 0.0870. The third kappa shape index (κ3) is 3.65. The van der Waals surface area contributed by atoms with Crippen molar-refractivity contribution < 1.29 is 14.4 Å². The number of anilines is 1. The molecule has 0 unspecified atom stereocenters. The molecule has 0 aromatic heterocycles. The van der Waals surface area contributed by atoms with Crippen molar-refractivity contribution in [3.8, 4) is 0 Å². The van der Waals surface area contributed by atoms with Crippen LogP contribution in [-0.4, -0.2) is 29.3 Å². The van der Waals surface area contributed by atoms with Crippen LogP contribution in [0.15, 0.2) is 78.9 Å². The Morgan fingerprint density at radius 1 is 0.793 bits per heavy atom. The van der Waals surface area contributed by atoms with E-state index in [-0.39, 0.29) is 19.0 Å². The predicted molar refractivity (Wildman–Crippen MR) is 111 cm³/mol. The lowest BCUT2D eigenvalue weighted by atomic mass is 10.1. The summed E-state index contributed by atoms with van der Waals surface area (Å²) in [6, 6.07) is 22.8. The standard InChI is InChI=1S/C23H17ClN2O3/c24-19-12-6-7-13-20(19)25(21(27)14-16-8-2-1-3-9-16)15-26-22(28)17-10-4-5-11-18(17)23(26)29/h1-13H,14-15H2. The highest BCUT2D eigenvalue weighted by atomic mass is 35.5. The topological polar surface area (TPSA) is 57.7 Å². The summed E-state index contributed by atoms with van der Waals surface area (Å²) in [4.78, 5) is 41.2. The summed E-state index contributed by atoms with van der Waals surface area (Å²) < 4.78 is 0. The molecule has 0 radical (unpaired) electrons. The maximum absolute atomic E-state index is 13.2. The zero-order valence-electron chi connectivity index (χ0n) is 15.4. The molecule has 0 atom stereocenters. The van der Waals surface area contributed by atoms with Gasteiger partial charge in [-0.2, -0.15) is 0 Å². The highest BCUT2D eigenvalue weighted by Gasteiger charge is 2.37. The maximum atomic E-state index is 13.2. The summed E-state index contributed by atoms with van der Waals surface area (Å²) in [5.41, 5.74) is 1.96. The van der Waals surface area contributed by atoms with Crippen LogP contribution in [0.4, 0.5) is 5.69 Å². The van der Waals surface area contributed by atoms with Gasteiger partial charge in [-0.05, 0) is 29.8 Å². The van der Waals surface area contributed by atoms with Crippen molar-refractivity contribution in [3.63, 3.8) is 0 Å². The van der Waals surface area contributed by atoms with Gasteiger partial charge in [-0.3, -0.25) is 24.2 Å². The fourth-order valence-corrected chi connectivity index (χ4v) is 3.57. The van der Waals surface area contributed by atoms with Crippen LogP contribution in [-0.2, 0) is 11.2 Å². The number of carbonyl (C=O) groups excluding carboxylic acids is 3. The van der Waals surface area contributed by atoms with Crippen LogP contribution < -0.4 is 4.90 Å². The van der Waals surface area contributed by atoms with Gasteiger partial charge in [0.2, 0.25) is 5.91 Å². The van der Waals surface area contributed by atoms with Crippen molar-refractivity contribution in [2.45, 2.75) is 6.42 Å². The minimum absolute atomic E-state index is 0.120. The van der Waals surface area contributed by atoms with Crippen LogP contribution in [0.2, 0.25) is 5.02 Å². The molecule has 0 saturated carbocycles. The first-order valence-corrected chi connectivity index (χ1v) is 9.48. The molecule has 29 heavy (non-hydrogen) atoms. The van der Waals surface area contributed by atoms with E-state index in [1.807, 2.05) is 30.3 Å². The van der Waals surface area contributed by atoms with Crippen LogP contribution in [0.1, 0.15) is 26.3 Å². The Labute approximate surface area is 173 Å². The van der Waals surface area contributed by atoms with Crippen molar-refractivity contribution in [2.75, 3.05) is 11.6 Å². The highest BCUT2D eigenvalue weighted by Crippen LogP contribution is 2.29. The van der Waals surface area contributed by atoms with Gasteiger partial charge >= 0.3 is 0 Å². The Balaban J connectivity index is 1.67. The van der Waals surface area contributed by atoms with E-state index in [1.165, 1.54) is 4.90 Å². The normalized spacial score (nSPS) is 12.8. The number of amides is 3. The third-order valence-electron chi connectivity index (χ3n) is 4.80. The monoisotopic (exact) mass is 404 g/mol. The molecule has 0 N–H and O–H groups in total. The number of nitrogens with zero attached hydrogens (tertiary/aromatic N) is 2. The molecule has 5 nitrogen and oxygen atoms in total. The van der Waals surface area contributed by atoms with E-state index in [2.05, 4.69) is 0 Å². The predicted octanol–water partition coefficient (Wildman–Crippen LogP) is 4.17. The number of carbonyl (C=O) groups is 3. The smallest absolute Gasteiger partial charge is 0.263 e. The fourth-order valence-electron chi connectivity index (χ4n) is 3.33.